The van der Waals surface area contributed by atoms with Crippen LogP contribution in [0.4, 0.5) is 0 Å². The van der Waals surface area contributed by atoms with Crippen LogP contribution in [0.5, 0.6) is 0 Å². The smallest absolute Gasteiger partial charge is 0.116 e. The van der Waals surface area contributed by atoms with Crippen molar-refractivity contribution in [1.82, 2.24) is 0 Å². The van der Waals surface area contributed by atoms with E-state index in [9.17, 15) is 0 Å². The molecule has 0 atom stereocenters. The van der Waals surface area contributed by atoms with E-state index in [0.717, 1.165) is 0 Å². The van der Waals surface area contributed by atoms with Gasteiger partial charge in [0.25, 0.3) is 0 Å². The van der Waals surface area contributed by atoms with Gasteiger partial charge in [-0.3, -0.25) is 0 Å². The summed E-state index contributed by atoms with van der Waals surface area (Å²) in [6.45, 7) is 10.0. The van der Waals surface area contributed by atoms with E-state index in [-0.39, 0.29) is 0 Å². The normalized spacial score (nSPS) is 13.4. The van der Waals surface area contributed by atoms with Gasteiger partial charge in [0, 0.05) is 29.3 Å². The van der Waals surface area contributed by atoms with Crippen LogP contribution in [0.15, 0.2) is 31.8 Å². The minimum atomic E-state index is -1.87. The first-order valence-electron chi connectivity index (χ1n) is 19.7. The molecule has 0 saturated heterocycles. The average Bonchev–Trinajstić information content (AvgIpc) is 3.89. The Morgan fingerprint density at radius 2 is 0.755 bits per heavy atom. The number of halogens is 2. The van der Waals surface area contributed by atoms with Gasteiger partial charge in [-0.2, -0.15) is 0 Å². The zero-order chi connectivity index (χ0) is 34.6. The number of hydrogen-bond donors (Lipinski definition) is 0. The lowest BCUT2D eigenvalue weighted by Crippen LogP contribution is -2.51. The molecule has 0 N–H and O–H groups in total. The van der Waals surface area contributed by atoms with E-state index in [1.54, 1.807) is 41.0 Å². The molecule has 270 valence electrons. The highest BCUT2D eigenvalue weighted by Gasteiger charge is 2.46. The SMILES string of the molecule is CCCCCCCCCCCCc1c(-c2ccc(Br)s2)sc2c1[Si](C)(C)c1c-2sc(-c2ccc(Br)s2)c1CCCCCCCCCCCC. The van der Waals surface area contributed by atoms with Crippen LogP contribution in [0, 0.1) is 0 Å². The molecule has 7 heteroatoms. The maximum atomic E-state index is 3.79. The highest BCUT2D eigenvalue weighted by molar-refractivity contribution is 9.11. The summed E-state index contributed by atoms with van der Waals surface area (Å²) in [4.78, 5) is 9.36. The molecule has 1 aliphatic rings. The molecule has 1 aliphatic heterocycles. The van der Waals surface area contributed by atoms with Crippen molar-refractivity contribution in [3.63, 3.8) is 0 Å². The highest BCUT2D eigenvalue weighted by Crippen LogP contribution is 2.50. The summed E-state index contributed by atoms with van der Waals surface area (Å²) >= 11 is 15.7. The molecule has 0 bridgehead atoms. The van der Waals surface area contributed by atoms with Gasteiger partial charge in [0.05, 0.1) is 7.57 Å². The van der Waals surface area contributed by atoms with Crippen molar-refractivity contribution in [2.75, 3.05) is 0 Å². The Hall–Kier alpha value is -0.0231. The van der Waals surface area contributed by atoms with Crippen LogP contribution < -0.4 is 10.4 Å². The van der Waals surface area contributed by atoms with Crippen molar-refractivity contribution in [3.05, 3.63) is 43.0 Å². The Morgan fingerprint density at radius 3 is 1.06 bits per heavy atom. The standard InChI is InChI=1S/C42H60Br2S4Si/c1-5-7-9-11-13-15-17-19-21-23-25-31-37(33-27-29-35(43)45-33)47-39-40-42(49(3,4)41(31)39)32(38(48-40)34-28-30-36(44)46-34)26-24-22-20-18-16-14-12-10-8-6-2/h27-30H,5-26H2,1-4H3. The highest BCUT2D eigenvalue weighted by atomic mass is 79.9. The van der Waals surface area contributed by atoms with E-state index in [0.29, 0.717) is 0 Å². The average molecular weight is 881 g/mol. The van der Waals surface area contributed by atoms with E-state index in [2.05, 4.69) is 106 Å². The third-order valence-corrected chi connectivity index (χ3v) is 20.8. The summed E-state index contributed by atoms with van der Waals surface area (Å²) in [5, 5.41) is 3.61. The Morgan fingerprint density at radius 1 is 0.429 bits per heavy atom. The summed E-state index contributed by atoms with van der Waals surface area (Å²) in [5.74, 6) is 0. The first-order chi connectivity index (χ1) is 23.9. The van der Waals surface area contributed by atoms with Gasteiger partial charge in [-0.05, 0) is 103 Å². The molecule has 5 rings (SSSR count). The van der Waals surface area contributed by atoms with E-state index >= 15 is 0 Å². The molecule has 0 unspecified atom stereocenters. The van der Waals surface area contributed by atoms with Crippen molar-refractivity contribution in [1.29, 1.82) is 0 Å². The van der Waals surface area contributed by atoms with Crippen molar-refractivity contribution in [2.24, 2.45) is 0 Å². The molecular formula is C42H60Br2S4Si. The summed E-state index contributed by atoms with van der Waals surface area (Å²) in [6.07, 6.45) is 30.5. The van der Waals surface area contributed by atoms with Crippen molar-refractivity contribution >= 4 is 95.7 Å². The molecule has 0 amide bonds. The van der Waals surface area contributed by atoms with Crippen LogP contribution in [0.2, 0.25) is 13.1 Å². The molecule has 0 aliphatic carbocycles. The minimum absolute atomic E-state index is 1.25. The number of thiophene rings is 4. The van der Waals surface area contributed by atoms with Gasteiger partial charge < -0.3 is 0 Å². The number of unbranched alkanes of at least 4 members (excludes halogenated alkanes) is 18. The molecule has 0 spiro atoms. The molecule has 0 nitrogen and oxygen atoms in total. The third-order valence-electron chi connectivity index (χ3n) is 10.6. The Bertz CT molecular complexity index is 1460. The molecule has 4 aromatic rings. The maximum Gasteiger partial charge on any atom is 0.116 e. The second kappa shape index (κ2) is 20.4. The molecule has 0 aromatic carbocycles. The monoisotopic (exact) mass is 878 g/mol. The van der Waals surface area contributed by atoms with Gasteiger partial charge in [-0.15, -0.1) is 45.3 Å². The molecular weight excluding hydrogens is 821 g/mol. The van der Waals surface area contributed by atoms with Crippen LogP contribution >= 0.6 is 77.2 Å². The molecule has 5 heterocycles. The van der Waals surface area contributed by atoms with Gasteiger partial charge in [0.15, 0.2) is 0 Å². The molecule has 0 fully saturated rings. The first kappa shape index (κ1) is 40.2. The predicted molar refractivity (Wildman–Crippen MR) is 238 cm³/mol. The van der Waals surface area contributed by atoms with Gasteiger partial charge in [-0.1, -0.05) is 143 Å². The zero-order valence-electron chi connectivity index (χ0n) is 30.8. The minimum Gasteiger partial charge on any atom is -0.133 e. The predicted octanol–water partition coefficient (Wildman–Crippen LogP) is 16.5. The Balaban J connectivity index is 1.33. The zero-order valence-corrected chi connectivity index (χ0v) is 38.2. The molecule has 0 saturated carbocycles. The summed E-state index contributed by atoms with van der Waals surface area (Å²) < 4.78 is 2.50. The van der Waals surface area contributed by atoms with Gasteiger partial charge in [0.1, 0.15) is 8.07 Å². The largest absolute Gasteiger partial charge is 0.133 e. The van der Waals surface area contributed by atoms with Crippen LogP contribution in [-0.4, -0.2) is 8.07 Å². The summed E-state index contributed by atoms with van der Waals surface area (Å²) in [5.41, 5.74) is 3.44. The Kier molecular flexibility index (Phi) is 16.8. The van der Waals surface area contributed by atoms with Crippen molar-refractivity contribution in [2.45, 2.75) is 168 Å². The molecule has 0 radical (unpaired) electrons. The van der Waals surface area contributed by atoms with Gasteiger partial charge >= 0.3 is 0 Å². The Labute approximate surface area is 333 Å². The lowest BCUT2D eigenvalue weighted by atomic mass is 10.0. The fraction of sp³-hybridized carbons (Fsp3) is 0.619. The molecule has 49 heavy (non-hydrogen) atoms. The molecule has 4 aromatic heterocycles. The summed E-state index contributed by atoms with van der Waals surface area (Å²) in [6, 6.07) is 9.25. The summed E-state index contributed by atoms with van der Waals surface area (Å²) in [7, 11) is -1.87. The second-order valence-electron chi connectivity index (χ2n) is 14.9. The number of rotatable bonds is 24. The van der Waals surface area contributed by atoms with Gasteiger partial charge in [-0.25, -0.2) is 0 Å². The maximum absolute atomic E-state index is 3.79. The fourth-order valence-corrected chi connectivity index (χ4v) is 19.6. The topological polar surface area (TPSA) is 0 Å². The first-order valence-corrected chi connectivity index (χ1v) is 27.6. The number of fused-ring (bicyclic) bond motifs is 3. The second-order valence-corrected chi connectivity index (χ2v) is 26.1. The van der Waals surface area contributed by atoms with Crippen molar-refractivity contribution < 1.29 is 0 Å². The third kappa shape index (κ3) is 10.6. The van der Waals surface area contributed by atoms with Crippen LogP contribution in [0.3, 0.4) is 0 Å². The van der Waals surface area contributed by atoms with E-state index < -0.39 is 8.07 Å². The lowest BCUT2D eigenvalue weighted by Gasteiger charge is -2.23. The van der Waals surface area contributed by atoms with E-state index in [1.807, 2.05) is 22.7 Å². The lowest BCUT2D eigenvalue weighted by molar-refractivity contribution is 0.556. The number of hydrogen-bond acceptors (Lipinski definition) is 4. The fourth-order valence-electron chi connectivity index (χ4n) is 8.02. The van der Waals surface area contributed by atoms with Crippen LogP contribution in [0.25, 0.3) is 29.3 Å². The van der Waals surface area contributed by atoms with Crippen LogP contribution in [-0.2, 0) is 12.8 Å². The van der Waals surface area contributed by atoms with E-state index in [4.69, 9.17) is 0 Å². The van der Waals surface area contributed by atoms with E-state index in [1.165, 1.54) is 159 Å². The van der Waals surface area contributed by atoms with Crippen molar-refractivity contribution in [3.8, 4) is 29.3 Å². The van der Waals surface area contributed by atoms with Gasteiger partial charge in [0.2, 0.25) is 0 Å². The van der Waals surface area contributed by atoms with Crippen LogP contribution in [0.1, 0.15) is 153 Å². The quantitative estimate of drug-likeness (QED) is 0.0486.